The first-order valence-corrected chi connectivity index (χ1v) is 8.84. The van der Waals surface area contributed by atoms with Crippen LogP contribution in [0, 0.1) is 0 Å². The molecule has 1 saturated heterocycles. The molecule has 0 radical (unpaired) electrons. The number of carbonyl (C=O) groups excluding carboxylic acids is 1. The molecule has 25 heavy (non-hydrogen) atoms. The Kier molecular flexibility index (Phi) is 5.62. The van der Waals surface area contributed by atoms with E-state index in [1.165, 1.54) is 0 Å². The van der Waals surface area contributed by atoms with Crippen LogP contribution < -0.4 is 10.6 Å². The highest BCUT2D eigenvalue weighted by Crippen LogP contribution is 2.40. The van der Waals surface area contributed by atoms with Gasteiger partial charge in [-0.25, -0.2) is 9.78 Å². The molecule has 1 fully saturated rings. The third-order valence-electron chi connectivity index (χ3n) is 3.61. The number of carbonyl (C=O) groups is 1. The van der Waals surface area contributed by atoms with Crippen LogP contribution in [0.4, 0.5) is 10.6 Å². The van der Waals surface area contributed by atoms with E-state index in [0.717, 1.165) is 21.2 Å². The molecule has 0 spiro atoms. The molecule has 7 nitrogen and oxygen atoms in total. The predicted octanol–water partition coefficient (Wildman–Crippen LogP) is 3.48. The van der Waals surface area contributed by atoms with Crippen molar-refractivity contribution in [3.63, 3.8) is 0 Å². The summed E-state index contributed by atoms with van der Waals surface area (Å²) in [5.74, 6) is 0.465. The fourth-order valence-corrected chi connectivity index (χ4v) is 2.97. The highest BCUT2D eigenvalue weighted by atomic mass is 79.9. The fraction of sp³-hybridized carbons (Fsp3) is 0.353. The summed E-state index contributed by atoms with van der Waals surface area (Å²) in [7, 11) is 0. The Bertz CT molecular complexity index is 771. The van der Waals surface area contributed by atoms with Gasteiger partial charge in [-0.15, -0.1) is 0 Å². The minimum atomic E-state index is -0.286. The number of epoxide rings is 1. The van der Waals surface area contributed by atoms with Crippen molar-refractivity contribution >= 4 is 27.8 Å². The van der Waals surface area contributed by atoms with Crippen molar-refractivity contribution in [2.45, 2.75) is 26.2 Å². The standard InChI is InChI=1S/C17H19BrN4O3/c1-3-20-17(23)22-14-6-13(18)12(9-21-14)10-5-11(8-19-7-10)15-16(25-15)24-4-2/h5-9,15-16H,3-4H2,1-2H3,(H2,20,21,22,23). The molecule has 2 amide bonds. The van der Waals surface area contributed by atoms with E-state index in [-0.39, 0.29) is 18.4 Å². The van der Waals surface area contributed by atoms with Gasteiger partial charge in [0.2, 0.25) is 0 Å². The highest BCUT2D eigenvalue weighted by molar-refractivity contribution is 9.10. The van der Waals surface area contributed by atoms with Gasteiger partial charge in [0.15, 0.2) is 6.29 Å². The van der Waals surface area contributed by atoms with Crippen molar-refractivity contribution in [2.75, 3.05) is 18.5 Å². The van der Waals surface area contributed by atoms with Crippen LogP contribution in [0.3, 0.4) is 0 Å². The number of anilines is 1. The highest BCUT2D eigenvalue weighted by Gasteiger charge is 2.41. The summed E-state index contributed by atoms with van der Waals surface area (Å²) in [4.78, 5) is 20.2. The number of nitrogens with zero attached hydrogens (tertiary/aromatic N) is 2. The lowest BCUT2D eigenvalue weighted by Crippen LogP contribution is -2.28. The summed E-state index contributed by atoms with van der Waals surface area (Å²) >= 11 is 3.53. The van der Waals surface area contributed by atoms with Gasteiger partial charge in [-0.1, -0.05) is 0 Å². The lowest BCUT2D eigenvalue weighted by Gasteiger charge is -2.09. The summed E-state index contributed by atoms with van der Waals surface area (Å²) in [5, 5.41) is 5.34. The Morgan fingerprint density at radius 1 is 1.32 bits per heavy atom. The zero-order chi connectivity index (χ0) is 17.8. The van der Waals surface area contributed by atoms with E-state index < -0.39 is 0 Å². The zero-order valence-corrected chi connectivity index (χ0v) is 15.5. The van der Waals surface area contributed by atoms with Gasteiger partial charge in [-0.2, -0.15) is 0 Å². The first-order valence-electron chi connectivity index (χ1n) is 8.05. The molecular formula is C17H19BrN4O3. The van der Waals surface area contributed by atoms with Gasteiger partial charge in [0.25, 0.3) is 0 Å². The number of hydrogen-bond acceptors (Lipinski definition) is 5. The minimum Gasteiger partial charge on any atom is -0.350 e. The molecule has 0 saturated carbocycles. The van der Waals surface area contributed by atoms with E-state index >= 15 is 0 Å². The van der Waals surface area contributed by atoms with Gasteiger partial charge in [-0.3, -0.25) is 10.3 Å². The summed E-state index contributed by atoms with van der Waals surface area (Å²) in [5.41, 5.74) is 2.75. The van der Waals surface area contributed by atoms with Crippen molar-refractivity contribution < 1.29 is 14.3 Å². The minimum absolute atomic E-state index is 0.0715. The van der Waals surface area contributed by atoms with Gasteiger partial charge in [0.05, 0.1) is 0 Å². The van der Waals surface area contributed by atoms with Crippen molar-refractivity contribution in [2.24, 2.45) is 0 Å². The van der Waals surface area contributed by atoms with E-state index in [0.29, 0.717) is 19.0 Å². The van der Waals surface area contributed by atoms with E-state index in [2.05, 4.69) is 36.5 Å². The Hall–Kier alpha value is -2.03. The molecular weight excluding hydrogens is 388 g/mol. The number of aromatic nitrogens is 2. The maximum atomic E-state index is 11.6. The average molecular weight is 407 g/mol. The number of urea groups is 1. The van der Waals surface area contributed by atoms with Crippen LogP contribution in [-0.2, 0) is 9.47 Å². The second-order valence-corrected chi connectivity index (χ2v) is 6.28. The van der Waals surface area contributed by atoms with E-state index in [4.69, 9.17) is 9.47 Å². The smallest absolute Gasteiger partial charge is 0.320 e. The Labute approximate surface area is 154 Å². The van der Waals surface area contributed by atoms with Crippen molar-refractivity contribution in [3.8, 4) is 11.1 Å². The van der Waals surface area contributed by atoms with Gasteiger partial charge >= 0.3 is 6.03 Å². The molecule has 132 valence electrons. The van der Waals surface area contributed by atoms with Crippen LogP contribution in [0.25, 0.3) is 11.1 Å². The third kappa shape index (κ3) is 4.33. The van der Waals surface area contributed by atoms with Gasteiger partial charge in [-0.05, 0) is 41.9 Å². The van der Waals surface area contributed by atoms with Gasteiger partial charge in [0.1, 0.15) is 11.9 Å². The maximum Gasteiger partial charge on any atom is 0.320 e. The zero-order valence-electron chi connectivity index (χ0n) is 14.0. The van der Waals surface area contributed by atoms with E-state index in [9.17, 15) is 4.79 Å². The first kappa shape index (κ1) is 17.8. The molecule has 2 unspecified atom stereocenters. The Morgan fingerprint density at radius 3 is 2.88 bits per heavy atom. The molecule has 0 aliphatic carbocycles. The SMILES string of the molecule is CCNC(=O)Nc1cc(Br)c(-c2cncc(C3OC3OCC)c2)cn1. The molecule has 0 aromatic carbocycles. The van der Waals surface area contributed by atoms with E-state index in [1.54, 1.807) is 24.7 Å². The predicted molar refractivity (Wildman–Crippen MR) is 97.1 cm³/mol. The van der Waals surface area contributed by atoms with Crippen LogP contribution >= 0.6 is 15.9 Å². The molecule has 8 heteroatoms. The second-order valence-electron chi connectivity index (χ2n) is 5.42. The quantitative estimate of drug-likeness (QED) is 0.716. The topological polar surface area (TPSA) is 88.7 Å². The monoisotopic (exact) mass is 406 g/mol. The Balaban J connectivity index is 1.77. The van der Waals surface area contributed by atoms with Crippen LogP contribution in [-0.4, -0.2) is 35.4 Å². The fourth-order valence-electron chi connectivity index (χ4n) is 2.42. The number of hydrogen-bond donors (Lipinski definition) is 2. The molecule has 3 rings (SSSR count). The van der Waals surface area contributed by atoms with Crippen molar-refractivity contribution in [1.29, 1.82) is 0 Å². The Morgan fingerprint density at radius 2 is 2.16 bits per heavy atom. The molecule has 0 bridgehead atoms. The number of amides is 2. The van der Waals surface area contributed by atoms with E-state index in [1.807, 2.05) is 19.9 Å². The number of ether oxygens (including phenoxy) is 2. The molecule has 3 heterocycles. The number of rotatable bonds is 6. The molecule has 1 aliphatic heterocycles. The molecule has 2 N–H and O–H groups in total. The lowest BCUT2D eigenvalue weighted by atomic mass is 10.1. The number of nitrogens with one attached hydrogen (secondary N) is 2. The van der Waals surface area contributed by atoms with Crippen LogP contribution in [0.5, 0.6) is 0 Å². The van der Waals surface area contributed by atoms with Crippen molar-refractivity contribution in [3.05, 3.63) is 40.8 Å². The third-order valence-corrected chi connectivity index (χ3v) is 4.27. The summed E-state index contributed by atoms with van der Waals surface area (Å²) in [6.45, 7) is 4.96. The van der Waals surface area contributed by atoms with Gasteiger partial charge in [0, 0.05) is 52.9 Å². The summed E-state index contributed by atoms with van der Waals surface area (Å²) in [6.07, 6.45) is 4.98. The largest absolute Gasteiger partial charge is 0.350 e. The van der Waals surface area contributed by atoms with Gasteiger partial charge < -0.3 is 14.8 Å². The normalized spacial score (nSPS) is 18.7. The molecule has 2 atom stereocenters. The molecule has 1 aliphatic rings. The summed E-state index contributed by atoms with van der Waals surface area (Å²) < 4.78 is 11.8. The van der Waals surface area contributed by atoms with Crippen LogP contribution in [0.2, 0.25) is 0 Å². The average Bonchev–Trinajstić information content (AvgIpc) is 3.35. The first-order chi connectivity index (χ1) is 12.1. The van der Waals surface area contributed by atoms with Crippen LogP contribution in [0.15, 0.2) is 35.2 Å². The summed E-state index contributed by atoms with van der Waals surface area (Å²) in [6, 6.07) is 3.48. The van der Waals surface area contributed by atoms with Crippen molar-refractivity contribution in [1.82, 2.24) is 15.3 Å². The number of halogens is 1. The second kappa shape index (κ2) is 7.90. The molecule has 2 aromatic heterocycles. The van der Waals surface area contributed by atoms with Crippen LogP contribution in [0.1, 0.15) is 25.5 Å². The number of pyridine rings is 2. The molecule has 2 aromatic rings. The maximum absolute atomic E-state index is 11.6. The lowest BCUT2D eigenvalue weighted by molar-refractivity contribution is 0.0593.